The molecule has 2 atom stereocenters. The number of para-hydroxylation sites is 1. The van der Waals surface area contributed by atoms with E-state index in [1.807, 2.05) is 6.07 Å². The normalized spacial score (nSPS) is 12.5. The van der Waals surface area contributed by atoms with Gasteiger partial charge in [-0.2, -0.15) is 5.26 Å². The van der Waals surface area contributed by atoms with Crippen LogP contribution in [0.2, 0.25) is 0 Å². The number of benzene rings is 1. The fourth-order valence-electron chi connectivity index (χ4n) is 1.62. The van der Waals surface area contributed by atoms with Gasteiger partial charge in [-0.05, 0) is 26.0 Å². The summed E-state index contributed by atoms with van der Waals surface area (Å²) in [6.07, 6.45) is -1.06. The van der Waals surface area contributed by atoms with E-state index < -0.39 is 24.0 Å². The minimum atomic E-state index is -1.06. The maximum Gasteiger partial charge on any atom is 0.329 e. The lowest BCUT2D eigenvalue weighted by Gasteiger charge is -2.17. The Morgan fingerprint density at radius 3 is 2.45 bits per heavy atom. The van der Waals surface area contributed by atoms with Gasteiger partial charge >= 0.3 is 5.97 Å². The molecule has 0 saturated carbocycles. The number of esters is 1. The molecule has 116 valence electrons. The Hall–Kier alpha value is -2.88. The highest BCUT2D eigenvalue weighted by atomic mass is 16.5. The highest BCUT2D eigenvalue weighted by molar-refractivity contribution is 5.96. The molecule has 1 aromatic carbocycles. The zero-order valence-electron chi connectivity index (χ0n) is 12.5. The Balaban J connectivity index is 2.64. The largest absolute Gasteiger partial charge is 0.451 e. The molecule has 2 amide bonds. The van der Waals surface area contributed by atoms with Crippen molar-refractivity contribution in [3.63, 3.8) is 0 Å². The number of anilines is 1. The van der Waals surface area contributed by atoms with Crippen LogP contribution >= 0.6 is 0 Å². The molecule has 0 aliphatic carbocycles. The first-order valence-electron chi connectivity index (χ1n) is 6.62. The standard InChI is InChI=1S/C15H17N3O4/c1-9(17-11(3)19)15(21)22-10(2)14(20)18-13-7-5-4-6-12(13)8-16/h4-7,9-10H,1-3H3,(H,17,19)(H,18,20)/t9-,10-/m0/s1. The van der Waals surface area contributed by atoms with Crippen LogP contribution in [0.15, 0.2) is 24.3 Å². The number of carbonyl (C=O) groups excluding carboxylic acids is 3. The summed E-state index contributed by atoms with van der Waals surface area (Å²) in [6, 6.07) is 7.58. The third-order valence-corrected chi connectivity index (χ3v) is 2.74. The summed E-state index contributed by atoms with van der Waals surface area (Å²) in [5.41, 5.74) is 0.647. The van der Waals surface area contributed by atoms with Gasteiger partial charge in [-0.25, -0.2) is 4.79 Å². The van der Waals surface area contributed by atoms with E-state index in [9.17, 15) is 14.4 Å². The van der Waals surface area contributed by atoms with Crippen LogP contribution in [0, 0.1) is 11.3 Å². The van der Waals surface area contributed by atoms with Gasteiger partial charge in [-0.3, -0.25) is 9.59 Å². The van der Waals surface area contributed by atoms with Crippen molar-refractivity contribution in [2.24, 2.45) is 0 Å². The zero-order chi connectivity index (χ0) is 16.7. The molecule has 0 heterocycles. The van der Waals surface area contributed by atoms with Crippen LogP contribution in [0.5, 0.6) is 0 Å². The second kappa shape index (κ2) is 7.78. The Morgan fingerprint density at radius 2 is 1.86 bits per heavy atom. The van der Waals surface area contributed by atoms with Gasteiger partial charge in [0.05, 0.1) is 11.3 Å². The monoisotopic (exact) mass is 303 g/mol. The van der Waals surface area contributed by atoms with Crippen LogP contribution in [0.3, 0.4) is 0 Å². The van der Waals surface area contributed by atoms with E-state index in [0.29, 0.717) is 11.3 Å². The van der Waals surface area contributed by atoms with Gasteiger partial charge in [0.25, 0.3) is 5.91 Å². The highest BCUT2D eigenvalue weighted by Gasteiger charge is 2.22. The van der Waals surface area contributed by atoms with Crippen LogP contribution in [0.25, 0.3) is 0 Å². The number of nitriles is 1. The molecule has 0 aromatic heterocycles. The second-order valence-electron chi connectivity index (χ2n) is 4.65. The van der Waals surface area contributed by atoms with Crippen LogP contribution < -0.4 is 10.6 Å². The fourth-order valence-corrected chi connectivity index (χ4v) is 1.62. The van der Waals surface area contributed by atoms with E-state index in [4.69, 9.17) is 10.00 Å². The molecular formula is C15H17N3O4. The first-order chi connectivity index (χ1) is 10.3. The van der Waals surface area contributed by atoms with Gasteiger partial charge in [0.1, 0.15) is 12.1 Å². The molecule has 0 aliphatic heterocycles. The molecule has 0 saturated heterocycles. The van der Waals surface area contributed by atoms with E-state index >= 15 is 0 Å². The van der Waals surface area contributed by atoms with Gasteiger partial charge in [0, 0.05) is 6.92 Å². The molecule has 0 bridgehead atoms. The van der Waals surface area contributed by atoms with Crippen molar-refractivity contribution in [1.29, 1.82) is 5.26 Å². The van der Waals surface area contributed by atoms with Crippen molar-refractivity contribution in [3.8, 4) is 6.07 Å². The second-order valence-corrected chi connectivity index (χ2v) is 4.65. The topological polar surface area (TPSA) is 108 Å². The fraction of sp³-hybridized carbons (Fsp3) is 0.333. The summed E-state index contributed by atoms with van der Waals surface area (Å²) in [5, 5.41) is 13.8. The first-order valence-corrected chi connectivity index (χ1v) is 6.62. The van der Waals surface area contributed by atoms with Crippen molar-refractivity contribution in [2.75, 3.05) is 5.32 Å². The van der Waals surface area contributed by atoms with Crippen molar-refractivity contribution < 1.29 is 19.1 Å². The first kappa shape index (κ1) is 17.2. The van der Waals surface area contributed by atoms with Crippen molar-refractivity contribution in [3.05, 3.63) is 29.8 Å². The van der Waals surface area contributed by atoms with E-state index in [1.165, 1.54) is 20.8 Å². The molecule has 1 aromatic rings. The maximum atomic E-state index is 12.0. The third-order valence-electron chi connectivity index (χ3n) is 2.74. The summed E-state index contributed by atoms with van der Waals surface area (Å²) in [6.45, 7) is 4.14. The quantitative estimate of drug-likeness (QED) is 0.787. The van der Waals surface area contributed by atoms with E-state index in [1.54, 1.807) is 24.3 Å². The third kappa shape index (κ3) is 4.90. The lowest BCUT2D eigenvalue weighted by Crippen LogP contribution is -2.41. The van der Waals surface area contributed by atoms with Crippen molar-refractivity contribution >= 4 is 23.5 Å². The minimum Gasteiger partial charge on any atom is -0.451 e. The number of hydrogen-bond donors (Lipinski definition) is 2. The number of nitrogens with zero attached hydrogens (tertiary/aromatic N) is 1. The molecule has 7 nitrogen and oxygen atoms in total. The predicted molar refractivity (Wildman–Crippen MR) is 78.6 cm³/mol. The molecule has 0 aliphatic rings. The zero-order valence-corrected chi connectivity index (χ0v) is 12.5. The lowest BCUT2D eigenvalue weighted by molar-refractivity contribution is -0.155. The molecule has 0 radical (unpaired) electrons. The SMILES string of the molecule is CC(=O)N[C@@H](C)C(=O)O[C@@H](C)C(=O)Nc1ccccc1C#N. The average molecular weight is 303 g/mol. The summed E-state index contributed by atoms with van der Waals surface area (Å²) in [5.74, 6) is -1.65. The molecule has 0 unspecified atom stereocenters. The number of ether oxygens (including phenoxy) is 1. The molecule has 22 heavy (non-hydrogen) atoms. The minimum absolute atomic E-state index is 0.306. The Morgan fingerprint density at radius 1 is 1.23 bits per heavy atom. The van der Waals surface area contributed by atoms with Gasteiger partial charge in [-0.1, -0.05) is 12.1 Å². The van der Waals surface area contributed by atoms with Gasteiger partial charge in [0.2, 0.25) is 5.91 Å². The molecule has 7 heteroatoms. The van der Waals surface area contributed by atoms with Crippen molar-refractivity contribution in [2.45, 2.75) is 32.9 Å². The van der Waals surface area contributed by atoms with Crippen LogP contribution in [-0.4, -0.2) is 29.9 Å². The molecule has 2 N–H and O–H groups in total. The Kier molecular flexibility index (Phi) is 6.08. The number of rotatable bonds is 5. The van der Waals surface area contributed by atoms with Crippen LogP contribution in [0.4, 0.5) is 5.69 Å². The van der Waals surface area contributed by atoms with Gasteiger partial charge < -0.3 is 15.4 Å². The number of amides is 2. The van der Waals surface area contributed by atoms with E-state index in [-0.39, 0.29) is 5.91 Å². The Bertz CT molecular complexity index is 621. The summed E-state index contributed by atoms with van der Waals surface area (Å²) < 4.78 is 4.97. The molecule has 0 spiro atoms. The van der Waals surface area contributed by atoms with E-state index in [2.05, 4.69) is 10.6 Å². The summed E-state index contributed by atoms with van der Waals surface area (Å²) in [4.78, 5) is 34.5. The summed E-state index contributed by atoms with van der Waals surface area (Å²) >= 11 is 0. The summed E-state index contributed by atoms with van der Waals surface area (Å²) in [7, 11) is 0. The Labute approximate surface area is 128 Å². The smallest absolute Gasteiger partial charge is 0.329 e. The average Bonchev–Trinajstić information content (AvgIpc) is 2.46. The van der Waals surface area contributed by atoms with E-state index in [0.717, 1.165) is 0 Å². The van der Waals surface area contributed by atoms with Crippen molar-refractivity contribution in [1.82, 2.24) is 5.32 Å². The highest BCUT2D eigenvalue weighted by Crippen LogP contribution is 2.14. The number of nitrogens with one attached hydrogen (secondary N) is 2. The molecule has 1 rings (SSSR count). The van der Waals surface area contributed by atoms with Gasteiger partial charge in [-0.15, -0.1) is 0 Å². The predicted octanol–water partition coefficient (Wildman–Crippen LogP) is 0.953. The van der Waals surface area contributed by atoms with Crippen LogP contribution in [-0.2, 0) is 19.1 Å². The molecular weight excluding hydrogens is 286 g/mol. The number of hydrogen-bond acceptors (Lipinski definition) is 5. The van der Waals surface area contributed by atoms with Gasteiger partial charge in [0.15, 0.2) is 6.10 Å². The lowest BCUT2D eigenvalue weighted by atomic mass is 10.2. The van der Waals surface area contributed by atoms with Crippen LogP contribution in [0.1, 0.15) is 26.3 Å². The molecule has 0 fully saturated rings. The number of carbonyl (C=O) groups is 3. The maximum absolute atomic E-state index is 12.0.